The van der Waals surface area contributed by atoms with Crippen LogP contribution in [0.25, 0.3) is 22.8 Å². The zero-order chi connectivity index (χ0) is 18.9. The molecule has 1 aromatic heterocycles. The first-order chi connectivity index (χ1) is 13.0. The Hall–Kier alpha value is -2.93. The van der Waals surface area contributed by atoms with Gasteiger partial charge in [0.05, 0.1) is 23.3 Å². The first kappa shape index (κ1) is 17.5. The van der Waals surface area contributed by atoms with Crippen LogP contribution in [0.15, 0.2) is 65.2 Å². The summed E-state index contributed by atoms with van der Waals surface area (Å²) in [5.41, 5.74) is 1.87. The summed E-state index contributed by atoms with van der Waals surface area (Å²) in [7, 11) is -3.06. The Labute approximate surface area is 157 Å². The fourth-order valence-electron chi connectivity index (χ4n) is 3.17. The highest BCUT2D eigenvalue weighted by atomic mass is 32.2. The van der Waals surface area contributed by atoms with Gasteiger partial charge in [0.1, 0.15) is 0 Å². The first-order valence-electron chi connectivity index (χ1n) is 8.64. The summed E-state index contributed by atoms with van der Waals surface area (Å²) in [4.78, 5) is 17.0. The van der Waals surface area contributed by atoms with E-state index in [0.717, 1.165) is 5.56 Å². The molecule has 1 amide bonds. The molecule has 0 unspecified atom stereocenters. The molecule has 1 aliphatic heterocycles. The maximum absolute atomic E-state index is 12.7. The quantitative estimate of drug-likeness (QED) is 0.749. The van der Waals surface area contributed by atoms with Crippen LogP contribution in [0, 0.1) is 0 Å². The van der Waals surface area contributed by atoms with Gasteiger partial charge in [0, 0.05) is 17.2 Å². The van der Waals surface area contributed by atoms with Gasteiger partial charge in [-0.1, -0.05) is 42.5 Å². The lowest BCUT2D eigenvalue weighted by atomic mass is 10.1. The van der Waals surface area contributed by atoms with Gasteiger partial charge in [0.25, 0.3) is 5.91 Å². The fraction of sp³-hybridized carbons (Fsp3) is 0.200. The Balaban J connectivity index is 1.60. The highest BCUT2D eigenvalue weighted by Crippen LogP contribution is 2.28. The third kappa shape index (κ3) is 3.78. The number of rotatable bonds is 4. The van der Waals surface area contributed by atoms with Gasteiger partial charge in [-0.25, -0.2) is 13.4 Å². The third-order valence-corrected chi connectivity index (χ3v) is 6.30. The normalized spacial score (nSPS) is 18.3. The molecule has 4 rings (SSSR count). The van der Waals surface area contributed by atoms with Crippen molar-refractivity contribution >= 4 is 15.7 Å². The lowest BCUT2D eigenvalue weighted by Gasteiger charge is -2.12. The predicted octanol–water partition coefficient (Wildman–Crippen LogP) is 2.93. The van der Waals surface area contributed by atoms with Crippen LogP contribution >= 0.6 is 0 Å². The average Bonchev–Trinajstić information content (AvgIpc) is 3.29. The number of benzene rings is 2. The Bertz CT molecular complexity index is 1070. The molecule has 0 radical (unpaired) electrons. The molecule has 2 aromatic carbocycles. The summed E-state index contributed by atoms with van der Waals surface area (Å²) in [6.45, 7) is 0. The van der Waals surface area contributed by atoms with Crippen molar-refractivity contribution in [2.75, 3.05) is 11.5 Å². The summed E-state index contributed by atoms with van der Waals surface area (Å²) >= 11 is 0. The van der Waals surface area contributed by atoms with Gasteiger partial charge >= 0.3 is 0 Å². The Morgan fingerprint density at radius 2 is 1.81 bits per heavy atom. The van der Waals surface area contributed by atoms with Crippen LogP contribution in [-0.2, 0) is 9.84 Å². The van der Waals surface area contributed by atoms with Gasteiger partial charge in [0.2, 0.25) is 5.89 Å². The van der Waals surface area contributed by atoms with E-state index < -0.39 is 9.84 Å². The number of oxazole rings is 1. The minimum atomic E-state index is -3.06. The lowest BCUT2D eigenvalue weighted by molar-refractivity contribution is 0.0941. The van der Waals surface area contributed by atoms with Crippen molar-refractivity contribution in [1.29, 1.82) is 0 Å². The Morgan fingerprint density at radius 3 is 2.56 bits per heavy atom. The minimum absolute atomic E-state index is 0.0158. The molecule has 0 aliphatic carbocycles. The van der Waals surface area contributed by atoms with E-state index in [4.69, 9.17) is 4.42 Å². The van der Waals surface area contributed by atoms with Crippen molar-refractivity contribution in [1.82, 2.24) is 10.3 Å². The number of carbonyl (C=O) groups excluding carboxylic acids is 1. The van der Waals surface area contributed by atoms with E-state index in [1.165, 1.54) is 0 Å². The third-order valence-electron chi connectivity index (χ3n) is 4.53. The second-order valence-electron chi connectivity index (χ2n) is 6.51. The van der Waals surface area contributed by atoms with Gasteiger partial charge in [-0.3, -0.25) is 4.79 Å². The van der Waals surface area contributed by atoms with E-state index in [1.807, 2.05) is 30.3 Å². The van der Waals surface area contributed by atoms with Crippen LogP contribution in [0.3, 0.4) is 0 Å². The summed E-state index contributed by atoms with van der Waals surface area (Å²) in [5.74, 6) is 0.728. The van der Waals surface area contributed by atoms with Crippen molar-refractivity contribution < 1.29 is 17.6 Å². The number of hydrogen-bond donors (Lipinski definition) is 1. The van der Waals surface area contributed by atoms with Crippen molar-refractivity contribution in [3.63, 3.8) is 0 Å². The fourth-order valence-corrected chi connectivity index (χ4v) is 4.85. The summed E-state index contributed by atoms with van der Waals surface area (Å²) in [6, 6.07) is 16.2. The van der Waals surface area contributed by atoms with Gasteiger partial charge in [0.15, 0.2) is 15.6 Å². The molecule has 1 N–H and O–H groups in total. The number of nitrogens with zero attached hydrogens (tertiary/aromatic N) is 1. The van der Waals surface area contributed by atoms with Crippen LogP contribution in [-0.4, -0.2) is 36.9 Å². The molecule has 7 heteroatoms. The largest absolute Gasteiger partial charge is 0.436 e. The SMILES string of the molecule is O=C(N[C@@H]1CCS(=O)(=O)C1)c1ccccc1-c1ncc(-c2ccccc2)o1. The van der Waals surface area contributed by atoms with E-state index in [1.54, 1.807) is 30.5 Å². The highest BCUT2D eigenvalue weighted by Gasteiger charge is 2.29. The predicted molar refractivity (Wildman–Crippen MR) is 102 cm³/mol. The van der Waals surface area contributed by atoms with Crippen molar-refractivity contribution in [3.8, 4) is 22.8 Å². The number of nitrogens with one attached hydrogen (secondary N) is 1. The molecule has 1 atom stereocenters. The van der Waals surface area contributed by atoms with E-state index in [2.05, 4.69) is 10.3 Å². The van der Waals surface area contributed by atoms with E-state index in [-0.39, 0.29) is 23.5 Å². The molecule has 1 saturated heterocycles. The number of aromatic nitrogens is 1. The van der Waals surface area contributed by atoms with Crippen LogP contribution < -0.4 is 5.32 Å². The smallest absolute Gasteiger partial charge is 0.252 e. The van der Waals surface area contributed by atoms with Crippen LogP contribution in [0.1, 0.15) is 16.8 Å². The lowest BCUT2D eigenvalue weighted by Crippen LogP contribution is -2.35. The first-order valence-corrected chi connectivity index (χ1v) is 10.5. The van der Waals surface area contributed by atoms with Gasteiger partial charge in [-0.05, 0) is 18.6 Å². The molecule has 27 heavy (non-hydrogen) atoms. The van der Waals surface area contributed by atoms with Crippen LogP contribution in [0.4, 0.5) is 0 Å². The zero-order valence-corrected chi connectivity index (χ0v) is 15.3. The molecule has 138 valence electrons. The molecule has 6 nitrogen and oxygen atoms in total. The summed E-state index contributed by atoms with van der Waals surface area (Å²) < 4.78 is 29.1. The molecule has 1 aliphatic rings. The zero-order valence-electron chi connectivity index (χ0n) is 14.5. The monoisotopic (exact) mass is 382 g/mol. The maximum Gasteiger partial charge on any atom is 0.252 e. The Morgan fingerprint density at radius 1 is 1.07 bits per heavy atom. The van der Waals surface area contributed by atoms with Gasteiger partial charge < -0.3 is 9.73 Å². The average molecular weight is 382 g/mol. The summed E-state index contributed by atoms with van der Waals surface area (Å²) in [5, 5.41) is 2.81. The number of carbonyl (C=O) groups is 1. The van der Waals surface area contributed by atoms with Crippen molar-refractivity contribution in [2.45, 2.75) is 12.5 Å². The number of hydrogen-bond acceptors (Lipinski definition) is 5. The van der Waals surface area contributed by atoms with E-state index in [0.29, 0.717) is 29.2 Å². The van der Waals surface area contributed by atoms with Crippen molar-refractivity contribution in [3.05, 3.63) is 66.4 Å². The molecule has 2 heterocycles. The molecular formula is C20H18N2O4S. The topological polar surface area (TPSA) is 89.3 Å². The van der Waals surface area contributed by atoms with E-state index in [9.17, 15) is 13.2 Å². The van der Waals surface area contributed by atoms with E-state index >= 15 is 0 Å². The number of amides is 1. The Kier molecular flexibility index (Phi) is 4.53. The number of sulfone groups is 1. The van der Waals surface area contributed by atoms with Gasteiger partial charge in [-0.15, -0.1) is 0 Å². The molecular weight excluding hydrogens is 364 g/mol. The van der Waals surface area contributed by atoms with Crippen molar-refractivity contribution in [2.24, 2.45) is 0 Å². The van der Waals surface area contributed by atoms with Gasteiger partial charge in [-0.2, -0.15) is 0 Å². The molecule has 0 spiro atoms. The highest BCUT2D eigenvalue weighted by molar-refractivity contribution is 7.91. The maximum atomic E-state index is 12.7. The minimum Gasteiger partial charge on any atom is -0.436 e. The molecule has 1 fully saturated rings. The molecule has 3 aromatic rings. The van der Waals surface area contributed by atoms with Crippen LogP contribution in [0.2, 0.25) is 0 Å². The summed E-state index contributed by atoms with van der Waals surface area (Å²) in [6.07, 6.45) is 2.07. The molecule has 0 saturated carbocycles. The molecule has 0 bridgehead atoms. The second kappa shape index (κ2) is 7.00. The second-order valence-corrected chi connectivity index (χ2v) is 8.74. The standard InChI is InChI=1S/C20H18N2O4S/c23-19(22-15-10-11-27(24,25)13-15)16-8-4-5-9-17(16)20-21-12-18(26-20)14-6-2-1-3-7-14/h1-9,12,15H,10-11,13H2,(H,22,23)/t15-/m1/s1. The van der Waals surface area contributed by atoms with Crippen LogP contribution in [0.5, 0.6) is 0 Å².